The van der Waals surface area contributed by atoms with E-state index in [-0.39, 0.29) is 18.8 Å². The van der Waals surface area contributed by atoms with Gasteiger partial charge in [-0.25, -0.2) is 22.6 Å². The second-order valence-corrected chi connectivity index (χ2v) is 4.97. The smallest absolute Gasteiger partial charge is 0.322 e. The molecular formula is C13H12F3N5O2. The molecule has 2 amide bonds. The summed E-state index contributed by atoms with van der Waals surface area (Å²) in [7, 11) is 0. The Morgan fingerprint density at radius 1 is 1.26 bits per heavy atom. The highest BCUT2D eigenvalue weighted by molar-refractivity contribution is 5.89. The Morgan fingerprint density at radius 3 is 2.61 bits per heavy atom. The number of hydrogen-bond donors (Lipinski definition) is 2. The fourth-order valence-electron chi connectivity index (χ4n) is 2.32. The van der Waals surface area contributed by atoms with E-state index in [1.807, 2.05) is 0 Å². The Kier molecular flexibility index (Phi) is 3.90. The van der Waals surface area contributed by atoms with E-state index in [4.69, 9.17) is 0 Å². The van der Waals surface area contributed by atoms with E-state index in [9.17, 15) is 23.1 Å². The second-order valence-electron chi connectivity index (χ2n) is 4.97. The average Bonchev–Trinajstić information content (AvgIpc) is 2.94. The molecule has 0 aliphatic carbocycles. The van der Waals surface area contributed by atoms with Gasteiger partial charge in [0.05, 0.1) is 25.4 Å². The molecule has 1 aromatic heterocycles. The topological polar surface area (TPSA) is 83.3 Å². The van der Waals surface area contributed by atoms with Crippen LogP contribution in [0, 0.1) is 17.5 Å². The summed E-state index contributed by atoms with van der Waals surface area (Å²) < 4.78 is 40.8. The third kappa shape index (κ3) is 2.84. The van der Waals surface area contributed by atoms with Crippen LogP contribution in [-0.4, -0.2) is 37.6 Å². The Hall–Kier alpha value is -2.62. The maximum Gasteiger partial charge on any atom is 0.322 e. The van der Waals surface area contributed by atoms with E-state index >= 15 is 0 Å². The van der Waals surface area contributed by atoms with Crippen molar-refractivity contribution in [2.24, 2.45) is 0 Å². The van der Waals surface area contributed by atoms with E-state index in [1.54, 1.807) is 4.68 Å². The maximum absolute atomic E-state index is 13.2. The first-order chi connectivity index (χ1) is 11.0. The van der Waals surface area contributed by atoms with Crippen LogP contribution in [0.4, 0.5) is 23.7 Å². The minimum atomic E-state index is -1.59. The number of aliphatic hydroxyl groups excluding tert-OH is 1. The second kappa shape index (κ2) is 5.88. The molecule has 2 aromatic rings. The van der Waals surface area contributed by atoms with E-state index in [0.29, 0.717) is 36.6 Å². The van der Waals surface area contributed by atoms with Crippen LogP contribution in [0.3, 0.4) is 0 Å². The highest BCUT2D eigenvalue weighted by atomic mass is 19.2. The van der Waals surface area contributed by atoms with Gasteiger partial charge in [0.15, 0.2) is 17.5 Å². The molecule has 0 spiro atoms. The van der Waals surface area contributed by atoms with Crippen molar-refractivity contribution in [1.82, 2.24) is 19.9 Å². The number of nitrogens with zero attached hydrogens (tertiary/aromatic N) is 4. The van der Waals surface area contributed by atoms with Gasteiger partial charge in [0.25, 0.3) is 0 Å². The first kappa shape index (κ1) is 15.3. The van der Waals surface area contributed by atoms with Crippen molar-refractivity contribution in [3.05, 3.63) is 41.0 Å². The molecule has 0 saturated carbocycles. The summed E-state index contributed by atoms with van der Waals surface area (Å²) in [5.74, 6) is -4.36. The predicted octanol–water partition coefficient (Wildman–Crippen LogP) is 1.24. The zero-order valence-corrected chi connectivity index (χ0v) is 11.8. The molecule has 1 aliphatic heterocycles. The van der Waals surface area contributed by atoms with Gasteiger partial charge in [-0.15, -0.1) is 5.10 Å². The summed E-state index contributed by atoms with van der Waals surface area (Å²) in [4.78, 5) is 13.5. The first-order valence-corrected chi connectivity index (χ1v) is 6.72. The monoisotopic (exact) mass is 327 g/mol. The molecule has 0 bridgehead atoms. The first-order valence-electron chi connectivity index (χ1n) is 6.72. The van der Waals surface area contributed by atoms with E-state index in [2.05, 4.69) is 15.6 Å². The normalized spacial score (nSPS) is 13.8. The zero-order valence-electron chi connectivity index (χ0n) is 11.8. The molecule has 10 heteroatoms. The Balaban J connectivity index is 1.75. The number of urea groups is 1. The van der Waals surface area contributed by atoms with Crippen LogP contribution in [0.1, 0.15) is 11.4 Å². The number of benzene rings is 1. The molecule has 2 N–H and O–H groups in total. The molecule has 0 radical (unpaired) electrons. The predicted molar refractivity (Wildman–Crippen MR) is 71.7 cm³/mol. The number of halogens is 3. The molecule has 0 unspecified atom stereocenters. The number of rotatable bonds is 2. The van der Waals surface area contributed by atoms with E-state index in [0.717, 1.165) is 0 Å². The lowest BCUT2D eigenvalue weighted by molar-refractivity contribution is 0.193. The molecule has 0 fully saturated rings. The average molecular weight is 327 g/mol. The molecule has 7 nitrogen and oxygen atoms in total. The third-order valence-corrected chi connectivity index (χ3v) is 3.51. The summed E-state index contributed by atoms with van der Waals surface area (Å²) >= 11 is 0. The highest BCUT2D eigenvalue weighted by Gasteiger charge is 2.25. The van der Waals surface area contributed by atoms with Crippen molar-refractivity contribution in [1.29, 1.82) is 0 Å². The lowest BCUT2D eigenvalue weighted by Gasteiger charge is -2.27. The van der Waals surface area contributed by atoms with Gasteiger partial charge in [-0.05, 0) is 0 Å². The van der Waals surface area contributed by atoms with Crippen molar-refractivity contribution in [3.63, 3.8) is 0 Å². The number of fused-ring (bicyclic) bond motifs is 1. The third-order valence-electron chi connectivity index (χ3n) is 3.51. The molecule has 0 atom stereocenters. The molecule has 1 aliphatic rings. The SMILES string of the molecule is O=C(Nc1cc(F)c(F)c(F)c1)N1CCn2nnc(CO)c2C1. The van der Waals surface area contributed by atoms with Gasteiger partial charge in [0.1, 0.15) is 5.69 Å². The van der Waals surface area contributed by atoms with Gasteiger partial charge < -0.3 is 15.3 Å². The van der Waals surface area contributed by atoms with Crippen molar-refractivity contribution >= 4 is 11.7 Å². The summed E-state index contributed by atoms with van der Waals surface area (Å²) in [5.41, 5.74) is 0.762. The van der Waals surface area contributed by atoms with Gasteiger partial charge in [0.2, 0.25) is 0 Å². The maximum atomic E-state index is 13.2. The number of carbonyl (C=O) groups is 1. The summed E-state index contributed by atoms with van der Waals surface area (Å²) in [6.45, 7) is 0.515. The van der Waals surface area contributed by atoms with Crippen molar-refractivity contribution in [2.45, 2.75) is 19.7 Å². The molecular weight excluding hydrogens is 315 g/mol. The van der Waals surface area contributed by atoms with E-state index < -0.39 is 23.5 Å². The molecule has 2 heterocycles. The minimum Gasteiger partial charge on any atom is -0.390 e. The largest absolute Gasteiger partial charge is 0.390 e. The van der Waals surface area contributed by atoms with E-state index in [1.165, 1.54) is 4.90 Å². The number of nitrogens with one attached hydrogen (secondary N) is 1. The Morgan fingerprint density at radius 2 is 1.96 bits per heavy atom. The molecule has 0 saturated heterocycles. The van der Waals surface area contributed by atoms with Crippen LogP contribution in [0.5, 0.6) is 0 Å². The van der Waals surface area contributed by atoms with Crippen molar-refractivity contribution < 1.29 is 23.1 Å². The van der Waals surface area contributed by atoms with Crippen LogP contribution in [0.2, 0.25) is 0 Å². The van der Waals surface area contributed by atoms with Crippen LogP contribution in [-0.2, 0) is 19.7 Å². The van der Waals surface area contributed by atoms with Gasteiger partial charge >= 0.3 is 6.03 Å². The fourth-order valence-corrected chi connectivity index (χ4v) is 2.32. The molecule has 23 heavy (non-hydrogen) atoms. The van der Waals surface area contributed by atoms with Crippen LogP contribution < -0.4 is 5.32 Å². The van der Waals surface area contributed by atoms with Crippen molar-refractivity contribution in [3.8, 4) is 0 Å². The highest BCUT2D eigenvalue weighted by Crippen LogP contribution is 2.19. The summed E-state index contributed by atoms with van der Waals surface area (Å²) in [6, 6.07) is 0.794. The number of carbonyl (C=O) groups excluding carboxylic acids is 1. The quantitative estimate of drug-likeness (QED) is 0.813. The van der Waals surface area contributed by atoms with Gasteiger partial charge in [-0.2, -0.15) is 0 Å². The lowest BCUT2D eigenvalue weighted by atomic mass is 10.2. The van der Waals surface area contributed by atoms with Gasteiger partial charge in [-0.1, -0.05) is 5.21 Å². The fraction of sp³-hybridized carbons (Fsp3) is 0.308. The number of anilines is 1. The molecule has 1 aromatic carbocycles. The molecule has 3 rings (SSSR count). The number of amides is 2. The van der Waals surface area contributed by atoms with Crippen molar-refractivity contribution in [2.75, 3.05) is 11.9 Å². The van der Waals surface area contributed by atoms with Gasteiger partial charge in [-0.3, -0.25) is 0 Å². The zero-order chi connectivity index (χ0) is 16.6. The van der Waals surface area contributed by atoms with Crippen LogP contribution in [0.15, 0.2) is 12.1 Å². The Bertz CT molecular complexity index is 728. The van der Waals surface area contributed by atoms with Gasteiger partial charge in [0, 0.05) is 24.4 Å². The van der Waals surface area contributed by atoms with Crippen LogP contribution in [0.25, 0.3) is 0 Å². The standard InChI is InChI=1S/C13H12F3N5O2/c14-8-3-7(4-9(15)12(8)16)17-13(23)20-1-2-21-11(5-20)10(6-22)18-19-21/h3-4,22H,1-2,5-6H2,(H,17,23). The molecule has 122 valence electrons. The number of aliphatic hydroxyl groups is 1. The summed E-state index contributed by atoms with van der Waals surface area (Å²) in [6.07, 6.45) is 0. The Labute approximate surface area is 128 Å². The lowest BCUT2D eigenvalue weighted by Crippen LogP contribution is -2.41. The number of hydrogen-bond acceptors (Lipinski definition) is 4. The summed E-state index contributed by atoms with van der Waals surface area (Å²) in [5, 5.41) is 19.1. The minimum absolute atomic E-state index is 0.140. The van der Waals surface area contributed by atoms with Crippen LogP contribution >= 0.6 is 0 Å². The number of aromatic nitrogens is 3.